The Kier molecular flexibility index (Phi) is 4.87. The van der Waals surface area contributed by atoms with E-state index in [0.29, 0.717) is 24.0 Å². The van der Waals surface area contributed by atoms with Gasteiger partial charge in [0.25, 0.3) is 5.91 Å². The lowest BCUT2D eigenvalue weighted by Gasteiger charge is -2.10. The van der Waals surface area contributed by atoms with E-state index in [4.69, 9.17) is 4.74 Å². The fourth-order valence-electron chi connectivity index (χ4n) is 1.67. The minimum Gasteiger partial charge on any atom is -0.493 e. The number of rotatable bonds is 5. The summed E-state index contributed by atoms with van der Waals surface area (Å²) in [6.07, 6.45) is 1.26. The van der Waals surface area contributed by atoms with E-state index in [9.17, 15) is 9.18 Å². The van der Waals surface area contributed by atoms with Crippen LogP contribution in [0.1, 0.15) is 24.2 Å². The number of benzene rings is 1. The summed E-state index contributed by atoms with van der Waals surface area (Å²) in [6, 6.07) is 9.64. The van der Waals surface area contributed by atoms with Crippen molar-refractivity contribution in [1.82, 2.24) is 4.98 Å². The third kappa shape index (κ3) is 4.56. The van der Waals surface area contributed by atoms with E-state index >= 15 is 0 Å². The number of nitrogens with zero attached hydrogens (tertiary/aromatic N) is 1. The van der Waals surface area contributed by atoms with Crippen molar-refractivity contribution in [3.05, 3.63) is 54.1 Å². The first-order valence-corrected chi connectivity index (χ1v) is 6.70. The second-order valence-electron chi connectivity index (χ2n) is 5.05. The molecule has 0 atom stereocenters. The summed E-state index contributed by atoms with van der Waals surface area (Å²) in [4.78, 5) is 15.4. The number of halogens is 1. The smallest absolute Gasteiger partial charge is 0.255 e. The monoisotopic (exact) mass is 288 g/mol. The molecule has 1 N–H and O–H groups in total. The zero-order valence-corrected chi connectivity index (χ0v) is 12.0. The van der Waals surface area contributed by atoms with Crippen LogP contribution < -0.4 is 10.1 Å². The highest BCUT2D eigenvalue weighted by molar-refractivity contribution is 6.04. The molecule has 2 rings (SSSR count). The maximum atomic E-state index is 13.0. The number of hydrogen-bond donors (Lipinski definition) is 1. The molecule has 2 aromatic rings. The van der Waals surface area contributed by atoms with Gasteiger partial charge in [-0.3, -0.25) is 4.79 Å². The van der Waals surface area contributed by atoms with Gasteiger partial charge in [-0.25, -0.2) is 4.98 Å². The van der Waals surface area contributed by atoms with Crippen LogP contribution in [0.5, 0.6) is 5.75 Å². The predicted octanol–water partition coefficient (Wildman–Crippen LogP) is 3.51. The molecule has 1 heterocycles. The molecular formula is C16H17FN2O2. The number of carbonyl (C=O) groups excluding carboxylic acids is 1. The molecule has 0 aliphatic carbocycles. The highest BCUT2D eigenvalue weighted by atomic mass is 19.1. The summed E-state index contributed by atoms with van der Waals surface area (Å²) < 4.78 is 18.6. The van der Waals surface area contributed by atoms with Gasteiger partial charge in [-0.1, -0.05) is 19.9 Å². The van der Waals surface area contributed by atoms with Gasteiger partial charge in [0.05, 0.1) is 6.61 Å². The lowest BCUT2D eigenvalue weighted by Crippen LogP contribution is -2.12. The molecule has 21 heavy (non-hydrogen) atoms. The molecular weight excluding hydrogens is 271 g/mol. The molecule has 0 spiro atoms. The molecule has 0 aliphatic heterocycles. The van der Waals surface area contributed by atoms with E-state index in [2.05, 4.69) is 24.1 Å². The van der Waals surface area contributed by atoms with Crippen molar-refractivity contribution >= 4 is 11.6 Å². The van der Waals surface area contributed by atoms with Crippen LogP contribution in [0.25, 0.3) is 0 Å². The van der Waals surface area contributed by atoms with Gasteiger partial charge in [-0.05, 0) is 24.1 Å². The number of amides is 1. The zero-order valence-electron chi connectivity index (χ0n) is 12.0. The van der Waals surface area contributed by atoms with Crippen molar-refractivity contribution < 1.29 is 13.9 Å². The molecule has 5 heteroatoms. The molecule has 0 radical (unpaired) electrons. The van der Waals surface area contributed by atoms with E-state index in [1.807, 2.05) is 6.07 Å². The topological polar surface area (TPSA) is 51.2 Å². The second kappa shape index (κ2) is 6.83. The van der Waals surface area contributed by atoms with Gasteiger partial charge in [-0.2, -0.15) is 4.39 Å². The molecule has 0 unspecified atom stereocenters. The molecule has 0 fully saturated rings. The molecule has 4 nitrogen and oxygen atoms in total. The van der Waals surface area contributed by atoms with Crippen molar-refractivity contribution in [3.8, 4) is 5.75 Å². The van der Waals surface area contributed by atoms with Gasteiger partial charge in [0.15, 0.2) is 0 Å². The fraction of sp³-hybridized carbons (Fsp3) is 0.250. The largest absolute Gasteiger partial charge is 0.493 e. The van der Waals surface area contributed by atoms with Crippen molar-refractivity contribution in [2.75, 3.05) is 11.9 Å². The quantitative estimate of drug-likeness (QED) is 0.857. The second-order valence-corrected chi connectivity index (χ2v) is 5.05. The molecule has 1 aromatic carbocycles. The summed E-state index contributed by atoms with van der Waals surface area (Å²) in [7, 11) is 0. The number of aromatic nitrogens is 1. The average Bonchev–Trinajstić information content (AvgIpc) is 2.45. The Labute approximate surface area is 123 Å². The van der Waals surface area contributed by atoms with Crippen molar-refractivity contribution in [1.29, 1.82) is 0 Å². The fourth-order valence-corrected chi connectivity index (χ4v) is 1.67. The highest BCUT2D eigenvalue weighted by Crippen LogP contribution is 2.18. The van der Waals surface area contributed by atoms with Crippen LogP contribution in [0.3, 0.4) is 0 Å². The molecule has 1 amide bonds. The van der Waals surface area contributed by atoms with E-state index in [1.54, 1.807) is 18.2 Å². The Balaban J connectivity index is 2.05. The Morgan fingerprint density at radius 3 is 2.86 bits per heavy atom. The third-order valence-electron chi connectivity index (χ3n) is 2.66. The maximum absolute atomic E-state index is 13.0. The van der Waals surface area contributed by atoms with Crippen molar-refractivity contribution in [3.63, 3.8) is 0 Å². The highest BCUT2D eigenvalue weighted by Gasteiger charge is 2.08. The van der Waals surface area contributed by atoms with Crippen LogP contribution in [0.15, 0.2) is 42.6 Å². The number of nitrogens with one attached hydrogen (secondary N) is 1. The maximum Gasteiger partial charge on any atom is 0.255 e. The minimum absolute atomic E-state index is 0.219. The SMILES string of the molecule is CC(C)COc1cccc(NC(=O)c2ccnc(F)c2)c1. The molecule has 1 aromatic heterocycles. The van der Waals surface area contributed by atoms with Crippen LogP contribution in [0.2, 0.25) is 0 Å². The number of ether oxygens (including phenoxy) is 1. The van der Waals surface area contributed by atoms with Crippen molar-refractivity contribution in [2.24, 2.45) is 5.92 Å². The van der Waals surface area contributed by atoms with Crippen LogP contribution in [-0.2, 0) is 0 Å². The third-order valence-corrected chi connectivity index (χ3v) is 2.66. The number of carbonyl (C=O) groups is 1. The lowest BCUT2D eigenvalue weighted by atomic mass is 10.2. The zero-order chi connectivity index (χ0) is 15.2. The van der Waals surface area contributed by atoms with Crippen LogP contribution in [0, 0.1) is 11.9 Å². The van der Waals surface area contributed by atoms with E-state index < -0.39 is 11.9 Å². The van der Waals surface area contributed by atoms with Crippen LogP contribution >= 0.6 is 0 Å². The van der Waals surface area contributed by atoms with E-state index in [1.165, 1.54) is 12.3 Å². The Bertz CT molecular complexity index is 629. The molecule has 0 bridgehead atoms. The van der Waals surface area contributed by atoms with Gasteiger partial charge < -0.3 is 10.1 Å². The summed E-state index contributed by atoms with van der Waals surface area (Å²) in [6.45, 7) is 4.72. The molecule has 0 saturated heterocycles. The van der Waals surface area contributed by atoms with Gasteiger partial charge in [0.2, 0.25) is 5.95 Å². The number of hydrogen-bond acceptors (Lipinski definition) is 3. The summed E-state index contributed by atoms with van der Waals surface area (Å²) >= 11 is 0. The molecule has 110 valence electrons. The Morgan fingerprint density at radius 2 is 2.14 bits per heavy atom. The van der Waals surface area contributed by atoms with E-state index in [-0.39, 0.29) is 5.56 Å². The van der Waals surface area contributed by atoms with Gasteiger partial charge >= 0.3 is 0 Å². The molecule has 0 aliphatic rings. The summed E-state index contributed by atoms with van der Waals surface area (Å²) in [5.74, 6) is 0.0272. The van der Waals surface area contributed by atoms with Crippen molar-refractivity contribution in [2.45, 2.75) is 13.8 Å². The first kappa shape index (κ1) is 15.0. The van der Waals surface area contributed by atoms with Gasteiger partial charge in [0, 0.05) is 29.6 Å². The van der Waals surface area contributed by atoms with Gasteiger partial charge in [-0.15, -0.1) is 0 Å². The average molecular weight is 288 g/mol. The lowest BCUT2D eigenvalue weighted by molar-refractivity contribution is 0.102. The summed E-state index contributed by atoms with van der Waals surface area (Å²) in [5, 5.41) is 2.70. The Morgan fingerprint density at radius 1 is 1.33 bits per heavy atom. The van der Waals surface area contributed by atoms with Gasteiger partial charge in [0.1, 0.15) is 5.75 Å². The predicted molar refractivity (Wildman–Crippen MR) is 78.9 cm³/mol. The minimum atomic E-state index is -0.684. The Hall–Kier alpha value is -2.43. The van der Waals surface area contributed by atoms with Crippen LogP contribution in [0.4, 0.5) is 10.1 Å². The number of pyridine rings is 1. The standard InChI is InChI=1S/C16H17FN2O2/c1-11(2)10-21-14-5-3-4-13(9-14)19-16(20)12-6-7-18-15(17)8-12/h3-9,11H,10H2,1-2H3,(H,19,20). The first-order chi connectivity index (χ1) is 10.0. The van der Waals surface area contributed by atoms with Crippen LogP contribution in [-0.4, -0.2) is 17.5 Å². The summed E-state index contributed by atoms with van der Waals surface area (Å²) in [5.41, 5.74) is 0.814. The van der Waals surface area contributed by atoms with E-state index in [0.717, 1.165) is 6.07 Å². The normalized spacial score (nSPS) is 10.5. The molecule has 0 saturated carbocycles. The number of anilines is 1. The first-order valence-electron chi connectivity index (χ1n) is 6.70.